The van der Waals surface area contributed by atoms with E-state index in [-0.39, 0.29) is 24.4 Å². The molecule has 0 aliphatic carbocycles. The summed E-state index contributed by atoms with van der Waals surface area (Å²) in [5.74, 6) is 1.04. The minimum absolute atomic E-state index is 0.0153. The molecule has 2 aliphatic heterocycles. The van der Waals surface area contributed by atoms with Crippen molar-refractivity contribution in [1.29, 1.82) is 0 Å². The monoisotopic (exact) mass is 305 g/mol. The first kappa shape index (κ1) is 15.1. The third-order valence-corrected chi connectivity index (χ3v) is 4.74. The lowest BCUT2D eigenvalue weighted by Crippen LogP contribution is -2.54. The Morgan fingerprint density at radius 2 is 2.18 bits per heavy atom. The van der Waals surface area contributed by atoms with Gasteiger partial charge in [0.1, 0.15) is 12.3 Å². The summed E-state index contributed by atoms with van der Waals surface area (Å²) < 4.78 is 5.44. The maximum absolute atomic E-state index is 12.2. The van der Waals surface area contributed by atoms with E-state index in [1.54, 1.807) is 30.2 Å². The number of amides is 2. The summed E-state index contributed by atoms with van der Waals surface area (Å²) in [7, 11) is 3.46. The van der Waals surface area contributed by atoms with Crippen molar-refractivity contribution in [2.45, 2.75) is 37.9 Å². The van der Waals surface area contributed by atoms with Crippen LogP contribution in [-0.4, -0.2) is 65.8 Å². The summed E-state index contributed by atoms with van der Waals surface area (Å²) in [6.45, 7) is 1.91. The molecule has 0 bridgehead atoms. The van der Waals surface area contributed by atoms with Gasteiger partial charge >= 0.3 is 0 Å². The van der Waals surface area contributed by atoms with Crippen molar-refractivity contribution < 1.29 is 14.0 Å². The molecule has 3 rings (SSSR count). The molecule has 3 heterocycles. The van der Waals surface area contributed by atoms with Crippen molar-refractivity contribution >= 4 is 11.8 Å². The zero-order valence-electron chi connectivity index (χ0n) is 13.2. The Hall–Kier alpha value is -1.82. The van der Waals surface area contributed by atoms with Crippen LogP contribution in [-0.2, 0) is 16.1 Å². The normalized spacial score (nSPS) is 25.4. The van der Waals surface area contributed by atoms with Gasteiger partial charge in [0, 0.05) is 39.1 Å². The lowest BCUT2D eigenvalue weighted by Gasteiger charge is -2.39. The number of likely N-dealkylation sites (N-methyl/N-ethyl adjacent to an activating group) is 1. The van der Waals surface area contributed by atoms with E-state index in [1.165, 1.54) is 0 Å². The molecular formula is C16H23N3O3. The fourth-order valence-electron chi connectivity index (χ4n) is 3.53. The van der Waals surface area contributed by atoms with Crippen LogP contribution < -0.4 is 0 Å². The second-order valence-electron chi connectivity index (χ2n) is 6.32. The van der Waals surface area contributed by atoms with Gasteiger partial charge in [-0.15, -0.1) is 0 Å². The van der Waals surface area contributed by atoms with Gasteiger partial charge in [0.2, 0.25) is 11.8 Å². The van der Waals surface area contributed by atoms with Crippen molar-refractivity contribution in [3.05, 3.63) is 24.2 Å². The molecule has 2 atom stereocenters. The number of furan rings is 1. The van der Waals surface area contributed by atoms with Gasteiger partial charge in [0.15, 0.2) is 0 Å². The third-order valence-electron chi connectivity index (χ3n) is 4.74. The molecule has 2 saturated heterocycles. The first-order valence-electron chi connectivity index (χ1n) is 7.82. The first-order chi connectivity index (χ1) is 10.6. The van der Waals surface area contributed by atoms with E-state index in [0.717, 1.165) is 31.7 Å². The Morgan fingerprint density at radius 1 is 1.36 bits per heavy atom. The highest BCUT2D eigenvalue weighted by Crippen LogP contribution is 2.32. The molecule has 1 aromatic rings. The molecule has 6 nitrogen and oxygen atoms in total. The number of rotatable bonds is 4. The minimum Gasteiger partial charge on any atom is -0.468 e. The smallest absolute Gasteiger partial charge is 0.241 e. The van der Waals surface area contributed by atoms with E-state index < -0.39 is 0 Å². The first-order valence-corrected chi connectivity index (χ1v) is 7.82. The molecule has 0 saturated carbocycles. The lowest BCUT2D eigenvalue weighted by molar-refractivity contribution is -0.144. The molecule has 2 fully saturated rings. The molecule has 22 heavy (non-hydrogen) atoms. The number of nitrogens with zero attached hydrogens (tertiary/aromatic N) is 3. The zero-order valence-corrected chi connectivity index (χ0v) is 13.2. The highest BCUT2D eigenvalue weighted by molar-refractivity contribution is 5.85. The summed E-state index contributed by atoms with van der Waals surface area (Å²) >= 11 is 0. The maximum atomic E-state index is 12.2. The average molecular weight is 305 g/mol. The fraction of sp³-hybridized carbons (Fsp3) is 0.625. The van der Waals surface area contributed by atoms with Crippen molar-refractivity contribution in [2.24, 2.45) is 0 Å². The Balaban J connectivity index is 1.69. The molecule has 0 radical (unpaired) electrons. The topological polar surface area (TPSA) is 57.0 Å². The Labute approximate surface area is 130 Å². The lowest BCUT2D eigenvalue weighted by atomic mass is 9.96. The summed E-state index contributed by atoms with van der Waals surface area (Å²) in [5, 5.41) is 0. The fourth-order valence-corrected chi connectivity index (χ4v) is 3.53. The number of piperidine rings is 1. The predicted molar refractivity (Wildman–Crippen MR) is 81.0 cm³/mol. The van der Waals surface area contributed by atoms with Crippen LogP contribution >= 0.6 is 0 Å². The second-order valence-corrected chi connectivity index (χ2v) is 6.32. The number of hydrogen-bond acceptors (Lipinski definition) is 4. The summed E-state index contributed by atoms with van der Waals surface area (Å²) in [6, 6.07) is 4.36. The number of carbonyl (C=O) groups is 2. The summed E-state index contributed by atoms with van der Waals surface area (Å²) in [5.41, 5.74) is 0. The predicted octanol–water partition coefficient (Wildman–Crippen LogP) is 0.933. The van der Waals surface area contributed by atoms with Crippen molar-refractivity contribution in [2.75, 3.05) is 27.2 Å². The Bertz CT molecular complexity index is 541. The van der Waals surface area contributed by atoms with Gasteiger partial charge in [-0.05, 0) is 25.0 Å². The molecule has 2 amide bonds. The molecule has 0 unspecified atom stereocenters. The van der Waals surface area contributed by atoms with Gasteiger partial charge in [-0.25, -0.2) is 0 Å². The third kappa shape index (κ3) is 2.88. The van der Waals surface area contributed by atoms with Gasteiger partial charge in [-0.3, -0.25) is 14.5 Å². The molecule has 0 aromatic carbocycles. The van der Waals surface area contributed by atoms with Crippen molar-refractivity contribution in [3.63, 3.8) is 0 Å². The maximum Gasteiger partial charge on any atom is 0.241 e. The number of carbonyl (C=O) groups excluding carboxylic acids is 2. The standard InChI is InChI=1S/C16H23N3O3/c1-17(2)16(21)11-19-14-7-8-18(10-12-4-3-9-22-12)13(14)5-6-15(19)20/h3-4,9,13-14H,5-8,10-11H2,1-2H3/t13-,14-/m1/s1. The molecule has 0 spiro atoms. The average Bonchev–Trinajstić information content (AvgIpc) is 3.12. The molecule has 120 valence electrons. The number of fused-ring (bicyclic) bond motifs is 1. The van der Waals surface area contributed by atoms with E-state index >= 15 is 0 Å². The van der Waals surface area contributed by atoms with Crippen LogP contribution in [0.25, 0.3) is 0 Å². The van der Waals surface area contributed by atoms with E-state index in [0.29, 0.717) is 12.5 Å². The highest BCUT2D eigenvalue weighted by atomic mass is 16.3. The van der Waals surface area contributed by atoms with E-state index in [2.05, 4.69) is 4.90 Å². The van der Waals surface area contributed by atoms with E-state index in [4.69, 9.17) is 4.42 Å². The Morgan fingerprint density at radius 3 is 2.86 bits per heavy atom. The van der Waals surface area contributed by atoms with Crippen LogP contribution in [0.3, 0.4) is 0 Å². The van der Waals surface area contributed by atoms with Gasteiger partial charge in [0.05, 0.1) is 12.8 Å². The number of hydrogen-bond donors (Lipinski definition) is 0. The van der Waals surface area contributed by atoms with Gasteiger partial charge in [0.25, 0.3) is 0 Å². The van der Waals surface area contributed by atoms with Crippen LogP contribution in [0, 0.1) is 0 Å². The molecule has 2 aliphatic rings. The number of likely N-dealkylation sites (tertiary alicyclic amines) is 2. The van der Waals surface area contributed by atoms with Crippen molar-refractivity contribution in [3.8, 4) is 0 Å². The second kappa shape index (κ2) is 6.12. The summed E-state index contributed by atoms with van der Waals surface area (Å²) in [4.78, 5) is 29.9. The van der Waals surface area contributed by atoms with Crippen LogP contribution in [0.2, 0.25) is 0 Å². The molecule has 0 N–H and O–H groups in total. The van der Waals surface area contributed by atoms with Gasteiger partial charge in [-0.2, -0.15) is 0 Å². The highest BCUT2D eigenvalue weighted by Gasteiger charge is 2.43. The molecule has 6 heteroatoms. The van der Waals surface area contributed by atoms with Gasteiger partial charge in [-0.1, -0.05) is 0 Å². The van der Waals surface area contributed by atoms with E-state index in [1.807, 2.05) is 12.1 Å². The molecule has 1 aromatic heterocycles. The van der Waals surface area contributed by atoms with Crippen molar-refractivity contribution in [1.82, 2.24) is 14.7 Å². The SMILES string of the molecule is CN(C)C(=O)CN1C(=O)CC[C@@H]2[C@H]1CCN2Cc1ccco1. The molecular weight excluding hydrogens is 282 g/mol. The Kier molecular flexibility index (Phi) is 4.20. The van der Waals surface area contributed by atoms with Crippen LogP contribution in [0.1, 0.15) is 25.0 Å². The quantitative estimate of drug-likeness (QED) is 0.830. The van der Waals surface area contributed by atoms with Crippen LogP contribution in [0.5, 0.6) is 0 Å². The zero-order chi connectivity index (χ0) is 15.7. The minimum atomic E-state index is -0.0153. The van der Waals surface area contributed by atoms with Gasteiger partial charge < -0.3 is 14.2 Å². The van der Waals surface area contributed by atoms with Crippen LogP contribution in [0.4, 0.5) is 0 Å². The summed E-state index contributed by atoms with van der Waals surface area (Å²) in [6.07, 6.45) is 4.01. The van der Waals surface area contributed by atoms with E-state index in [9.17, 15) is 9.59 Å². The van der Waals surface area contributed by atoms with Crippen LogP contribution in [0.15, 0.2) is 22.8 Å². The largest absolute Gasteiger partial charge is 0.468 e.